The van der Waals surface area contributed by atoms with Gasteiger partial charge < -0.3 is 14.2 Å². The van der Waals surface area contributed by atoms with Crippen LogP contribution in [-0.4, -0.2) is 26.3 Å². The quantitative estimate of drug-likeness (QED) is 0.614. The van der Waals surface area contributed by atoms with E-state index in [-0.39, 0.29) is 6.29 Å². The summed E-state index contributed by atoms with van der Waals surface area (Å²) in [5.74, 6) is -0.767. The second kappa shape index (κ2) is 4.38. The molecule has 4 nitrogen and oxygen atoms in total. The van der Waals surface area contributed by atoms with Crippen molar-refractivity contribution in [3.8, 4) is 6.07 Å². The van der Waals surface area contributed by atoms with Gasteiger partial charge in [0.05, 0.1) is 6.07 Å². The van der Waals surface area contributed by atoms with E-state index in [2.05, 4.69) is 6.07 Å². The highest BCUT2D eigenvalue weighted by Gasteiger charge is 2.35. The van der Waals surface area contributed by atoms with E-state index in [0.717, 1.165) is 0 Å². The van der Waals surface area contributed by atoms with E-state index >= 15 is 0 Å². The summed E-state index contributed by atoms with van der Waals surface area (Å²) in [5.41, 5.74) is 0. The molecule has 0 saturated carbocycles. The summed E-state index contributed by atoms with van der Waals surface area (Å²) >= 11 is 0. The Hall–Kier alpha value is -0.890. The van der Waals surface area contributed by atoms with Gasteiger partial charge in [0.25, 0.3) is 0 Å². The van der Waals surface area contributed by atoms with Crippen LogP contribution < -0.4 is 0 Å². The predicted octanol–water partition coefficient (Wildman–Crippen LogP) is 1.19. The van der Waals surface area contributed by atoms with Crippen molar-refractivity contribution in [2.45, 2.75) is 24.9 Å². The molecule has 0 radical (unpaired) electrons. The van der Waals surface area contributed by atoms with E-state index in [9.17, 15) is 0 Å². The molecule has 0 spiro atoms. The Labute approximate surface area is 77.7 Å². The molecule has 1 aliphatic rings. The number of hydrogen-bond donors (Lipinski definition) is 0. The number of nitrogens with zero attached hydrogens (tertiary/aromatic N) is 1. The fourth-order valence-corrected chi connectivity index (χ4v) is 1.22. The average Bonchev–Trinajstić information content (AvgIpc) is 2.59. The van der Waals surface area contributed by atoms with Crippen LogP contribution in [0.15, 0.2) is 12.2 Å². The number of nitriles is 1. The van der Waals surface area contributed by atoms with Crippen molar-refractivity contribution in [3.63, 3.8) is 0 Å². The first kappa shape index (κ1) is 10.2. The molecular weight excluding hydrogens is 170 g/mol. The van der Waals surface area contributed by atoms with Crippen molar-refractivity contribution >= 4 is 0 Å². The molecule has 0 aromatic carbocycles. The molecule has 0 fully saturated rings. The van der Waals surface area contributed by atoms with E-state index in [1.54, 1.807) is 26.4 Å². The van der Waals surface area contributed by atoms with Gasteiger partial charge in [-0.05, 0) is 12.2 Å². The maximum atomic E-state index is 8.44. The van der Waals surface area contributed by atoms with Crippen molar-refractivity contribution in [1.82, 2.24) is 0 Å². The normalized spacial score (nSPS) is 31.9. The smallest absolute Gasteiger partial charge is 0.191 e. The minimum atomic E-state index is -0.767. The van der Waals surface area contributed by atoms with Gasteiger partial charge >= 0.3 is 0 Å². The van der Waals surface area contributed by atoms with Crippen LogP contribution in [-0.2, 0) is 14.2 Å². The number of hydrogen-bond acceptors (Lipinski definition) is 4. The molecule has 1 heterocycles. The highest BCUT2D eigenvalue weighted by atomic mass is 16.8. The van der Waals surface area contributed by atoms with Crippen LogP contribution in [0, 0.1) is 11.3 Å². The minimum absolute atomic E-state index is 0.362. The first-order chi connectivity index (χ1) is 6.26. The van der Waals surface area contributed by atoms with Gasteiger partial charge in [0.2, 0.25) is 0 Å². The van der Waals surface area contributed by atoms with Gasteiger partial charge in [-0.3, -0.25) is 0 Å². The molecule has 72 valence electrons. The standard InChI is InChI=1S/C9H13NO3/c1-11-8-4-6-9(12-2,13-8)5-3-7-10/h4,6,8H,3,5H2,1-2H3/t8-,9-/m0/s1. The molecule has 0 unspecified atom stereocenters. The summed E-state index contributed by atoms with van der Waals surface area (Å²) < 4.78 is 15.6. The fourth-order valence-electron chi connectivity index (χ4n) is 1.22. The Bertz CT molecular complexity index is 234. The van der Waals surface area contributed by atoms with E-state index < -0.39 is 5.79 Å². The molecule has 0 aliphatic carbocycles. The van der Waals surface area contributed by atoms with Crippen molar-refractivity contribution < 1.29 is 14.2 Å². The summed E-state index contributed by atoms with van der Waals surface area (Å²) in [5, 5.41) is 8.44. The summed E-state index contributed by atoms with van der Waals surface area (Å²) in [6, 6.07) is 2.05. The lowest BCUT2D eigenvalue weighted by Crippen LogP contribution is -2.32. The van der Waals surface area contributed by atoms with E-state index in [1.807, 2.05) is 0 Å². The molecule has 2 atom stereocenters. The van der Waals surface area contributed by atoms with E-state index in [4.69, 9.17) is 19.5 Å². The first-order valence-electron chi connectivity index (χ1n) is 4.08. The van der Waals surface area contributed by atoms with Gasteiger partial charge in [-0.15, -0.1) is 0 Å². The summed E-state index contributed by atoms with van der Waals surface area (Å²) in [7, 11) is 3.12. The second-order valence-electron chi connectivity index (χ2n) is 2.76. The Kier molecular flexibility index (Phi) is 3.43. The molecule has 0 aromatic rings. The van der Waals surface area contributed by atoms with Gasteiger partial charge in [-0.25, -0.2) is 0 Å². The molecular formula is C9H13NO3. The minimum Gasteiger partial charge on any atom is -0.352 e. The third kappa shape index (κ3) is 2.28. The van der Waals surface area contributed by atoms with E-state index in [0.29, 0.717) is 12.8 Å². The van der Waals surface area contributed by atoms with E-state index in [1.165, 1.54) is 0 Å². The van der Waals surface area contributed by atoms with Crippen LogP contribution >= 0.6 is 0 Å². The number of ether oxygens (including phenoxy) is 3. The zero-order valence-electron chi connectivity index (χ0n) is 7.82. The third-order valence-electron chi connectivity index (χ3n) is 1.99. The highest BCUT2D eigenvalue weighted by molar-refractivity contribution is 5.05. The van der Waals surface area contributed by atoms with Crippen LogP contribution in [0.1, 0.15) is 12.8 Å². The number of rotatable bonds is 4. The highest BCUT2D eigenvalue weighted by Crippen LogP contribution is 2.28. The summed E-state index contributed by atoms with van der Waals surface area (Å²) in [6.07, 6.45) is 4.13. The maximum Gasteiger partial charge on any atom is 0.191 e. The predicted molar refractivity (Wildman–Crippen MR) is 45.6 cm³/mol. The monoisotopic (exact) mass is 183 g/mol. The van der Waals surface area contributed by atoms with Gasteiger partial charge in [0.1, 0.15) is 0 Å². The SMILES string of the molecule is CO[C@@H]1C=C[C@@](CCC#N)(OC)O1. The van der Waals surface area contributed by atoms with Crippen LogP contribution in [0.25, 0.3) is 0 Å². The summed E-state index contributed by atoms with van der Waals surface area (Å²) in [6.45, 7) is 0. The van der Waals surface area contributed by atoms with Crippen molar-refractivity contribution in [1.29, 1.82) is 5.26 Å². The van der Waals surface area contributed by atoms with Gasteiger partial charge in [0, 0.05) is 27.1 Å². The molecule has 0 saturated heterocycles. The lowest BCUT2D eigenvalue weighted by atomic mass is 10.1. The Balaban J connectivity index is 2.54. The topological polar surface area (TPSA) is 51.5 Å². The Morgan fingerprint density at radius 1 is 1.62 bits per heavy atom. The molecule has 0 N–H and O–H groups in total. The largest absolute Gasteiger partial charge is 0.352 e. The lowest BCUT2D eigenvalue weighted by molar-refractivity contribution is -0.244. The van der Waals surface area contributed by atoms with Gasteiger partial charge in [-0.1, -0.05) is 0 Å². The molecule has 0 amide bonds. The third-order valence-corrected chi connectivity index (χ3v) is 1.99. The zero-order chi connectivity index (χ0) is 9.73. The van der Waals surface area contributed by atoms with Crippen LogP contribution in [0.2, 0.25) is 0 Å². The molecule has 1 aliphatic heterocycles. The zero-order valence-corrected chi connectivity index (χ0v) is 7.82. The fraction of sp³-hybridized carbons (Fsp3) is 0.667. The second-order valence-corrected chi connectivity index (χ2v) is 2.76. The molecule has 0 bridgehead atoms. The number of methoxy groups -OCH3 is 2. The average molecular weight is 183 g/mol. The van der Waals surface area contributed by atoms with Crippen molar-refractivity contribution in [2.75, 3.05) is 14.2 Å². The van der Waals surface area contributed by atoms with Crippen LogP contribution in [0.4, 0.5) is 0 Å². The first-order valence-corrected chi connectivity index (χ1v) is 4.08. The van der Waals surface area contributed by atoms with Gasteiger partial charge in [-0.2, -0.15) is 5.26 Å². The molecule has 4 heteroatoms. The lowest BCUT2D eigenvalue weighted by Gasteiger charge is -2.25. The maximum absolute atomic E-state index is 8.44. The van der Waals surface area contributed by atoms with Crippen molar-refractivity contribution in [3.05, 3.63) is 12.2 Å². The van der Waals surface area contributed by atoms with Crippen molar-refractivity contribution in [2.24, 2.45) is 0 Å². The Morgan fingerprint density at radius 3 is 2.85 bits per heavy atom. The van der Waals surface area contributed by atoms with Gasteiger partial charge in [0.15, 0.2) is 12.1 Å². The molecule has 0 aromatic heterocycles. The van der Waals surface area contributed by atoms with Crippen LogP contribution in [0.5, 0.6) is 0 Å². The Morgan fingerprint density at radius 2 is 2.38 bits per heavy atom. The van der Waals surface area contributed by atoms with Crippen LogP contribution in [0.3, 0.4) is 0 Å². The summed E-state index contributed by atoms with van der Waals surface area (Å²) in [4.78, 5) is 0. The molecule has 1 rings (SSSR count). The molecule has 13 heavy (non-hydrogen) atoms.